The molecule has 2 aromatic rings. The maximum atomic E-state index is 12.6. The molecule has 8 heteroatoms. The van der Waals surface area contributed by atoms with E-state index in [0.29, 0.717) is 11.7 Å². The van der Waals surface area contributed by atoms with Gasteiger partial charge in [-0.05, 0) is 18.2 Å². The largest absolute Gasteiger partial charge is 0.417 e. The normalized spacial score (nSPS) is 11.6. The van der Waals surface area contributed by atoms with Crippen LogP contribution in [-0.2, 0) is 12.7 Å². The number of hydrogen-bond donors (Lipinski definition) is 1. The monoisotopic (exact) mass is 291 g/mol. The van der Waals surface area contributed by atoms with Crippen LogP contribution in [0.1, 0.15) is 17.3 Å². The zero-order valence-electron chi connectivity index (χ0n) is 9.75. The van der Waals surface area contributed by atoms with Gasteiger partial charge < -0.3 is 9.84 Å². The molecule has 0 bridgehead atoms. The fourth-order valence-electron chi connectivity index (χ4n) is 1.45. The summed E-state index contributed by atoms with van der Waals surface area (Å²) in [4.78, 5) is 3.93. The Hall–Kier alpha value is -1.76. The molecule has 0 aliphatic heterocycles. The van der Waals surface area contributed by atoms with E-state index in [-0.39, 0.29) is 17.3 Å². The van der Waals surface area contributed by atoms with Gasteiger partial charge in [0.2, 0.25) is 5.89 Å². The van der Waals surface area contributed by atoms with Gasteiger partial charge in [-0.2, -0.15) is 18.2 Å². The van der Waals surface area contributed by atoms with E-state index in [1.165, 1.54) is 12.1 Å². The molecule has 0 saturated carbocycles. The lowest BCUT2D eigenvalue weighted by atomic mass is 10.2. The van der Waals surface area contributed by atoms with Crippen LogP contribution >= 0.6 is 11.6 Å². The topological polar surface area (TPSA) is 51.0 Å². The van der Waals surface area contributed by atoms with Crippen molar-refractivity contribution < 1.29 is 17.7 Å². The third kappa shape index (κ3) is 3.37. The summed E-state index contributed by atoms with van der Waals surface area (Å²) in [7, 11) is 0. The molecule has 0 amide bonds. The number of benzene rings is 1. The molecule has 19 heavy (non-hydrogen) atoms. The van der Waals surface area contributed by atoms with Crippen LogP contribution in [0, 0.1) is 6.92 Å². The Kier molecular flexibility index (Phi) is 3.66. The Morgan fingerprint density at radius 1 is 1.37 bits per heavy atom. The number of nitrogens with one attached hydrogen (secondary N) is 1. The van der Waals surface area contributed by atoms with Gasteiger partial charge in [-0.1, -0.05) is 16.8 Å². The summed E-state index contributed by atoms with van der Waals surface area (Å²) in [6.45, 7) is 1.79. The Labute approximate surface area is 111 Å². The quantitative estimate of drug-likeness (QED) is 0.937. The maximum absolute atomic E-state index is 12.6. The van der Waals surface area contributed by atoms with E-state index >= 15 is 0 Å². The molecule has 1 heterocycles. The Balaban J connectivity index is 2.13. The van der Waals surface area contributed by atoms with Crippen molar-refractivity contribution in [2.24, 2.45) is 0 Å². The van der Waals surface area contributed by atoms with E-state index < -0.39 is 11.7 Å². The Bertz CT molecular complexity index is 583. The molecule has 2 rings (SSSR count). The van der Waals surface area contributed by atoms with E-state index in [1.807, 2.05) is 0 Å². The molecule has 0 fully saturated rings. The highest BCUT2D eigenvalue weighted by Gasteiger charge is 2.33. The van der Waals surface area contributed by atoms with E-state index in [9.17, 15) is 13.2 Å². The van der Waals surface area contributed by atoms with Crippen molar-refractivity contribution in [3.63, 3.8) is 0 Å². The second-order valence-electron chi connectivity index (χ2n) is 3.78. The van der Waals surface area contributed by atoms with Gasteiger partial charge in [0.25, 0.3) is 0 Å². The molecule has 4 nitrogen and oxygen atoms in total. The standard InChI is InChI=1S/C11H9ClF3N3O/c1-6-17-10(18-19-6)5-16-7-2-3-9(12)8(4-7)11(13,14)15/h2-4,16H,5H2,1H3. The minimum Gasteiger partial charge on any atom is -0.378 e. The van der Waals surface area contributed by atoms with Gasteiger partial charge >= 0.3 is 6.18 Å². The molecular weight excluding hydrogens is 283 g/mol. The number of hydrogen-bond acceptors (Lipinski definition) is 4. The zero-order chi connectivity index (χ0) is 14.0. The van der Waals surface area contributed by atoms with Crippen molar-refractivity contribution >= 4 is 17.3 Å². The highest BCUT2D eigenvalue weighted by atomic mass is 35.5. The van der Waals surface area contributed by atoms with Crippen molar-refractivity contribution in [3.05, 3.63) is 40.5 Å². The van der Waals surface area contributed by atoms with Gasteiger partial charge in [0.15, 0.2) is 5.82 Å². The lowest BCUT2D eigenvalue weighted by molar-refractivity contribution is -0.137. The lowest BCUT2D eigenvalue weighted by Gasteiger charge is -2.11. The lowest BCUT2D eigenvalue weighted by Crippen LogP contribution is -2.08. The third-order valence-electron chi connectivity index (χ3n) is 2.29. The molecular formula is C11H9ClF3N3O. The van der Waals surface area contributed by atoms with Crippen LogP contribution in [0.25, 0.3) is 0 Å². The van der Waals surface area contributed by atoms with Gasteiger partial charge in [0.1, 0.15) is 0 Å². The average Bonchev–Trinajstić information content (AvgIpc) is 2.72. The third-order valence-corrected chi connectivity index (χ3v) is 2.62. The Morgan fingerprint density at radius 3 is 2.68 bits per heavy atom. The molecule has 1 aromatic heterocycles. The molecule has 0 aliphatic rings. The number of rotatable bonds is 3. The summed E-state index contributed by atoms with van der Waals surface area (Å²) < 4.78 is 42.7. The maximum Gasteiger partial charge on any atom is 0.417 e. The van der Waals surface area contributed by atoms with Crippen LogP contribution in [0.3, 0.4) is 0 Å². The molecule has 0 spiro atoms. The van der Waals surface area contributed by atoms with Gasteiger partial charge in [-0.25, -0.2) is 0 Å². The summed E-state index contributed by atoms with van der Waals surface area (Å²) in [5.74, 6) is 0.755. The number of aryl methyl sites for hydroxylation is 1. The summed E-state index contributed by atoms with van der Waals surface area (Å²) in [5.41, 5.74) is -0.609. The Morgan fingerprint density at radius 2 is 2.11 bits per heavy atom. The first-order chi connectivity index (χ1) is 8.86. The number of nitrogens with zero attached hydrogens (tertiary/aromatic N) is 2. The van der Waals surface area contributed by atoms with Gasteiger partial charge in [-0.3, -0.25) is 0 Å². The van der Waals surface area contributed by atoms with E-state index in [2.05, 4.69) is 15.5 Å². The van der Waals surface area contributed by atoms with Crippen LogP contribution in [0.15, 0.2) is 22.7 Å². The van der Waals surface area contributed by atoms with Crippen molar-refractivity contribution in [3.8, 4) is 0 Å². The first-order valence-corrected chi connectivity index (χ1v) is 5.64. The van der Waals surface area contributed by atoms with Crippen LogP contribution in [0.4, 0.5) is 18.9 Å². The molecule has 0 unspecified atom stereocenters. The highest BCUT2D eigenvalue weighted by molar-refractivity contribution is 6.31. The van der Waals surface area contributed by atoms with E-state index in [1.54, 1.807) is 6.92 Å². The van der Waals surface area contributed by atoms with Gasteiger partial charge in [0.05, 0.1) is 17.1 Å². The van der Waals surface area contributed by atoms with Gasteiger partial charge in [-0.15, -0.1) is 0 Å². The molecule has 102 valence electrons. The molecule has 0 aliphatic carbocycles. The van der Waals surface area contributed by atoms with Crippen LogP contribution in [0.2, 0.25) is 5.02 Å². The highest BCUT2D eigenvalue weighted by Crippen LogP contribution is 2.36. The fraction of sp³-hybridized carbons (Fsp3) is 0.273. The first-order valence-electron chi connectivity index (χ1n) is 5.26. The zero-order valence-corrected chi connectivity index (χ0v) is 10.5. The second-order valence-corrected chi connectivity index (χ2v) is 4.18. The molecule has 1 N–H and O–H groups in total. The van der Waals surface area contributed by atoms with Crippen molar-refractivity contribution in [1.82, 2.24) is 10.1 Å². The SMILES string of the molecule is Cc1nc(CNc2ccc(Cl)c(C(F)(F)F)c2)no1. The van der Waals surface area contributed by atoms with Crippen LogP contribution < -0.4 is 5.32 Å². The van der Waals surface area contributed by atoms with Crippen LogP contribution in [-0.4, -0.2) is 10.1 Å². The number of halogens is 4. The minimum atomic E-state index is -4.49. The summed E-state index contributed by atoms with van der Waals surface area (Å²) >= 11 is 5.51. The summed E-state index contributed by atoms with van der Waals surface area (Å²) in [6, 6.07) is 3.58. The summed E-state index contributed by atoms with van der Waals surface area (Å²) in [5, 5.41) is 6.05. The number of anilines is 1. The van der Waals surface area contributed by atoms with E-state index in [0.717, 1.165) is 6.07 Å². The van der Waals surface area contributed by atoms with Crippen molar-refractivity contribution in [1.29, 1.82) is 0 Å². The van der Waals surface area contributed by atoms with Gasteiger partial charge in [0, 0.05) is 12.6 Å². The number of aromatic nitrogens is 2. The first kappa shape index (κ1) is 13.7. The van der Waals surface area contributed by atoms with Crippen molar-refractivity contribution in [2.45, 2.75) is 19.6 Å². The van der Waals surface area contributed by atoms with Crippen molar-refractivity contribution in [2.75, 3.05) is 5.32 Å². The molecule has 0 atom stereocenters. The number of alkyl halides is 3. The van der Waals surface area contributed by atoms with Crippen LogP contribution in [0.5, 0.6) is 0 Å². The second kappa shape index (κ2) is 5.08. The summed E-state index contributed by atoms with van der Waals surface area (Å²) in [6.07, 6.45) is -4.49. The predicted molar refractivity (Wildman–Crippen MR) is 62.8 cm³/mol. The van der Waals surface area contributed by atoms with E-state index in [4.69, 9.17) is 16.1 Å². The molecule has 0 radical (unpaired) electrons. The average molecular weight is 292 g/mol. The molecule has 0 saturated heterocycles. The minimum absolute atomic E-state index is 0.163. The molecule has 1 aromatic carbocycles. The fourth-order valence-corrected chi connectivity index (χ4v) is 1.67. The predicted octanol–water partition coefficient (Wildman–Crippen LogP) is 3.66. The smallest absolute Gasteiger partial charge is 0.378 e.